The molecule has 3 aromatic rings. The molecule has 1 aliphatic heterocycles. The van der Waals surface area contributed by atoms with Crippen LogP contribution >= 0.6 is 11.6 Å². The molecule has 0 saturated carbocycles. The van der Waals surface area contributed by atoms with Gasteiger partial charge in [0, 0.05) is 25.3 Å². The van der Waals surface area contributed by atoms with E-state index in [4.69, 9.17) is 21.1 Å². The van der Waals surface area contributed by atoms with Gasteiger partial charge in [0.15, 0.2) is 0 Å². The quantitative estimate of drug-likeness (QED) is 0.220. The highest BCUT2D eigenvalue weighted by Gasteiger charge is 2.31. The third-order valence-corrected chi connectivity index (χ3v) is 6.71. The fourth-order valence-corrected chi connectivity index (χ4v) is 4.47. The van der Waals surface area contributed by atoms with Crippen molar-refractivity contribution in [3.8, 4) is 17.2 Å². The number of piperidine rings is 1. The first-order valence-electron chi connectivity index (χ1n) is 12.6. The van der Waals surface area contributed by atoms with Crippen molar-refractivity contribution in [1.82, 2.24) is 9.55 Å². The summed E-state index contributed by atoms with van der Waals surface area (Å²) in [5.74, 6) is 0.795. The molecule has 2 heterocycles. The Labute approximate surface area is 233 Å². The second-order valence-corrected chi connectivity index (χ2v) is 9.66. The van der Waals surface area contributed by atoms with Crippen LogP contribution in [0.25, 0.3) is 0 Å². The van der Waals surface area contributed by atoms with Gasteiger partial charge in [-0.3, -0.25) is 4.57 Å². The van der Waals surface area contributed by atoms with Gasteiger partial charge >= 0.3 is 17.5 Å². The van der Waals surface area contributed by atoms with Crippen molar-refractivity contribution in [3.05, 3.63) is 70.1 Å². The number of aromatic nitrogens is 2. The van der Waals surface area contributed by atoms with Gasteiger partial charge in [-0.05, 0) is 95.2 Å². The summed E-state index contributed by atoms with van der Waals surface area (Å²) in [5.41, 5.74) is 1.05. The number of nitrogens with zero attached hydrogens (tertiary/aromatic N) is 4. The number of hydrogen-bond acceptors (Lipinski definition) is 8. The number of benzene rings is 2. The van der Waals surface area contributed by atoms with E-state index in [0.717, 1.165) is 31.6 Å². The normalized spacial score (nSPS) is 15.1. The van der Waals surface area contributed by atoms with Gasteiger partial charge in [0.25, 0.3) is 0 Å². The van der Waals surface area contributed by atoms with E-state index in [2.05, 4.69) is 14.6 Å². The Morgan fingerprint density at radius 3 is 2.25 bits per heavy atom. The Kier molecular flexibility index (Phi) is 9.58. The predicted molar refractivity (Wildman–Crippen MR) is 140 cm³/mol. The van der Waals surface area contributed by atoms with Crippen molar-refractivity contribution >= 4 is 23.1 Å². The Morgan fingerprint density at radius 2 is 1.65 bits per heavy atom. The molecule has 0 radical (unpaired) electrons. The van der Waals surface area contributed by atoms with E-state index in [9.17, 15) is 28.4 Å². The number of aryl methyl sites for hydroxylation is 1. The van der Waals surface area contributed by atoms with Crippen molar-refractivity contribution < 1.29 is 37.4 Å². The first-order valence-corrected chi connectivity index (χ1v) is 12.9. The van der Waals surface area contributed by atoms with Gasteiger partial charge in [0.2, 0.25) is 0 Å². The minimum Gasteiger partial charge on any atom is -0.493 e. The van der Waals surface area contributed by atoms with Crippen LogP contribution in [0, 0.1) is 16.0 Å². The highest BCUT2D eigenvalue weighted by Crippen LogP contribution is 2.28. The van der Waals surface area contributed by atoms with Crippen molar-refractivity contribution in [3.63, 3.8) is 0 Å². The van der Waals surface area contributed by atoms with Gasteiger partial charge < -0.3 is 34.3 Å². The van der Waals surface area contributed by atoms with Gasteiger partial charge in [-0.15, -0.1) is 13.2 Å². The third-order valence-electron chi connectivity index (χ3n) is 6.41. The molecule has 10 nitrogen and oxygen atoms in total. The van der Waals surface area contributed by atoms with Crippen LogP contribution < -0.4 is 19.1 Å². The molecule has 4 rings (SSSR count). The summed E-state index contributed by atoms with van der Waals surface area (Å²) in [7, 11) is 0. The number of imidazole rings is 1. The van der Waals surface area contributed by atoms with Crippen LogP contribution in [0.4, 0.5) is 24.7 Å². The predicted octanol–water partition coefficient (Wildman–Crippen LogP) is 5.47. The van der Waals surface area contributed by atoms with E-state index in [0.29, 0.717) is 24.0 Å². The highest BCUT2D eigenvalue weighted by atomic mass is 35.5. The number of ether oxygens (including phenoxy) is 3. The lowest BCUT2D eigenvalue weighted by atomic mass is 9.97. The average molecular weight is 585 g/mol. The molecule has 1 aromatic heterocycles. The molecule has 1 unspecified atom stereocenters. The molecule has 0 spiro atoms. The Morgan fingerprint density at radius 1 is 1.05 bits per heavy atom. The summed E-state index contributed by atoms with van der Waals surface area (Å²) < 4.78 is 53.6. The number of halogens is 4. The van der Waals surface area contributed by atoms with Gasteiger partial charge in [0.05, 0.1) is 12.7 Å². The van der Waals surface area contributed by atoms with Crippen LogP contribution in [0.3, 0.4) is 0 Å². The van der Waals surface area contributed by atoms with Crippen LogP contribution in [0.1, 0.15) is 19.3 Å². The Balaban J connectivity index is 1.15. The maximum Gasteiger partial charge on any atom is 0.573 e. The monoisotopic (exact) mass is 584 g/mol. The minimum absolute atomic E-state index is 0.0138. The number of rotatable bonds is 12. The molecule has 1 saturated heterocycles. The molecular formula is C26H28ClF3N4O6. The zero-order valence-electron chi connectivity index (χ0n) is 21.3. The number of alkyl halides is 3. The minimum atomic E-state index is -4.72. The summed E-state index contributed by atoms with van der Waals surface area (Å²) >= 11 is 5.89. The van der Waals surface area contributed by atoms with Crippen molar-refractivity contribution in [2.24, 2.45) is 5.92 Å². The summed E-state index contributed by atoms with van der Waals surface area (Å²) in [6, 6.07) is 12.9. The largest absolute Gasteiger partial charge is 0.573 e. The molecule has 1 aliphatic rings. The lowest BCUT2D eigenvalue weighted by Gasteiger charge is -2.33. The number of aliphatic hydroxyl groups excluding tert-OH is 1. The molecule has 2 aromatic carbocycles. The number of nitro groups is 1. The fraction of sp³-hybridized carbons (Fsp3) is 0.423. The highest BCUT2D eigenvalue weighted by molar-refractivity contribution is 6.28. The van der Waals surface area contributed by atoms with Crippen LogP contribution in [0.15, 0.2) is 54.7 Å². The molecule has 40 heavy (non-hydrogen) atoms. The topological polar surface area (TPSA) is 112 Å². The van der Waals surface area contributed by atoms with E-state index in [1.807, 2.05) is 24.3 Å². The van der Waals surface area contributed by atoms with E-state index < -0.39 is 17.4 Å². The van der Waals surface area contributed by atoms with E-state index in [1.165, 1.54) is 35.0 Å². The summed E-state index contributed by atoms with van der Waals surface area (Å²) in [4.78, 5) is 16.0. The van der Waals surface area contributed by atoms with Gasteiger partial charge in [-0.25, -0.2) is 0 Å². The molecule has 0 amide bonds. The Hall–Kier alpha value is -3.71. The van der Waals surface area contributed by atoms with E-state index >= 15 is 0 Å². The molecule has 14 heteroatoms. The standard InChI is InChI=1S/C26H28ClF3N4O6/c27-25-31-24(34(36)37)15-33(25)14-11-20(35)17-39-21-3-1-19(2-4-21)32-12-9-18(10-13-32)16-38-22-5-7-23(8-6-22)40-26(28,29)30/h1-8,15,18,20,35H,9-14,16-17H2. The lowest BCUT2D eigenvalue weighted by molar-refractivity contribution is -0.389. The third kappa shape index (κ3) is 8.65. The zero-order valence-corrected chi connectivity index (χ0v) is 22.1. The van der Waals surface area contributed by atoms with E-state index in [-0.39, 0.29) is 36.4 Å². The number of aliphatic hydroxyl groups is 1. The fourth-order valence-electron chi connectivity index (χ4n) is 4.25. The van der Waals surface area contributed by atoms with Crippen molar-refractivity contribution in [1.29, 1.82) is 0 Å². The first-order chi connectivity index (χ1) is 19.1. The molecule has 0 aliphatic carbocycles. The van der Waals surface area contributed by atoms with Crippen LogP contribution in [0.5, 0.6) is 17.2 Å². The van der Waals surface area contributed by atoms with Crippen LogP contribution in [0.2, 0.25) is 5.28 Å². The smallest absolute Gasteiger partial charge is 0.493 e. The van der Waals surface area contributed by atoms with Crippen LogP contribution in [-0.2, 0) is 6.54 Å². The molecule has 1 fully saturated rings. The molecule has 1 atom stereocenters. The molecule has 216 valence electrons. The summed E-state index contributed by atoms with van der Waals surface area (Å²) in [5, 5.41) is 21.0. The lowest BCUT2D eigenvalue weighted by Crippen LogP contribution is -2.35. The van der Waals surface area contributed by atoms with E-state index in [1.54, 1.807) is 0 Å². The van der Waals surface area contributed by atoms with Crippen molar-refractivity contribution in [2.45, 2.75) is 38.3 Å². The maximum absolute atomic E-state index is 12.3. The molecule has 1 N–H and O–H groups in total. The first kappa shape index (κ1) is 29.3. The van der Waals surface area contributed by atoms with Gasteiger partial charge in [-0.2, -0.15) is 0 Å². The number of anilines is 1. The summed E-state index contributed by atoms with van der Waals surface area (Å²) in [6.45, 7) is 2.46. The second-order valence-electron chi connectivity index (χ2n) is 9.33. The van der Waals surface area contributed by atoms with Gasteiger partial charge in [-0.1, -0.05) is 0 Å². The van der Waals surface area contributed by atoms with Crippen molar-refractivity contribution in [2.75, 3.05) is 31.2 Å². The zero-order chi connectivity index (χ0) is 28.7. The maximum atomic E-state index is 12.3. The molecular weight excluding hydrogens is 557 g/mol. The molecule has 0 bridgehead atoms. The van der Waals surface area contributed by atoms with Gasteiger partial charge in [0.1, 0.15) is 30.1 Å². The van der Waals surface area contributed by atoms with Crippen LogP contribution in [-0.4, -0.2) is 58.4 Å². The summed E-state index contributed by atoms with van der Waals surface area (Å²) in [6.07, 6.45) is -2.21. The average Bonchev–Trinajstić information content (AvgIpc) is 3.31. The Bertz CT molecular complexity index is 1250. The SMILES string of the molecule is O=[N+]([O-])c1cn(CCC(O)COc2ccc(N3CCC(COc4ccc(OC(F)(F)F)cc4)CC3)cc2)c(Cl)n1. The number of hydrogen-bond donors (Lipinski definition) is 1. The second kappa shape index (κ2) is 13.1.